The molecule has 0 saturated carbocycles. The van der Waals surface area contributed by atoms with E-state index in [1.54, 1.807) is 0 Å². The smallest absolute Gasteiger partial charge is 0.0275 e. The Morgan fingerprint density at radius 1 is 0.733 bits per heavy atom. The van der Waals surface area contributed by atoms with Gasteiger partial charge in [0.25, 0.3) is 0 Å². The van der Waals surface area contributed by atoms with Gasteiger partial charge in [0.15, 0.2) is 0 Å². The summed E-state index contributed by atoms with van der Waals surface area (Å²) in [5, 5.41) is 0. The molecule has 0 spiro atoms. The molecule has 0 amide bonds. The molecule has 0 heteroatoms. The first-order chi connectivity index (χ1) is 7.13. The van der Waals surface area contributed by atoms with E-state index in [9.17, 15) is 0 Å². The molecule has 0 radical (unpaired) electrons. The predicted molar refractivity (Wildman–Crippen MR) is 71.2 cm³/mol. The summed E-state index contributed by atoms with van der Waals surface area (Å²) in [6.07, 6.45) is 11.2. The SMILES string of the molecule is CCCCC(CCC)(CCCC)C(C)C. The topological polar surface area (TPSA) is 0 Å². The lowest BCUT2D eigenvalue weighted by molar-refractivity contribution is 0.128. The summed E-state index contributed by atoms with van der Waals surface area (Å²) < 4.78 is 0. The summed E-state index contributed by atoms with van der Waals surface area (Å²) in [6, 6.07) is 0. The van der Waals surface area contributed by atoms with Gasteiger partial charge in [0.1, 0.15) is 0 Å². The van der Waals surface area contributed by atoms with Gasteiger partial charge < -0.3 is 0 Å². The Balaban J connectivity index is 4.41. The fourth-order valence-corrected chi connectivity index (χ4v) is 2.80. The zero-order chi connectivity index (χ0) is 11.7. The summed E-state index contributed by atoms with van der Waals surface area (Å²) in [5.74, 6) is 0.857. The van der Waals surface area contributed by atoms with Crippen molar-refractivity contribution >= 4 is 0 Å². The van der Waals surface area contributed by atoms with Crippen LogP contribution in [0.2, 0.25) is 0 Å². The summed E-state index contributed by atoms with van der Waals surface area (Å²) in [5.41, 5.74) is 0.654. The van der Waals surface area contributed by atoms with Crippen LogP contribution in [-0.2, 0) is 0 Å². The Morgan fingerprint density at radius 2 is 1.20 bits per heavy atom. The lowest BCUT2D eigenvalue weighted by atomic mass is 9.67. The van der Waals surface area contributed by atoms with Gasteiger partial charge in [-0.15, -0.1) is 0 Å². The van der Waals surface area contributed by atoms with Crippen LogP contribution in [0.4, 0.5) is 0 Å². The first-order valence-corrected chi connectivity index (χ1v) is 7.13. The summed E-state index contributed by atoms with van der Waals surface area (Å²) in [4.78, 5) is 0. The average Bonchev–Trinajstić information content (AvgIpc) is 2.22. The molecule has 0 saturated heterocycles. The van der Waals surface area contributed by atoms with Crippen molar-refractivity contribution < 1.29 is 0 Å². The maximum Gasteiger partial charge on any atom is -0.0275 e. The van der Waals surface area contributed by atoms with Crippen LogP contribution in [0.15, 0.2) is 0 Å². The van der Waals surface area contributed by atoms with Crippen molar-refractivity contribution in [3.63, 3.8) is 0 Å². The van der Waals surface area contributed by atoms with Crippen molar-refractivity contribution in [1.82, 2.24) is 0 Å². The summed E-state index contributed by atoms with van der Waals surface area (Å²) in [7, 11) is 0. The second-order valence-electron chi connectivity index (χ2n) is 5.47. The second kappa shape index (κ2) is 8.19. The fraction of sp³-hybridized carbons (Fsp3) is 1.00. The van der Waals surface area contributed by atoms with Gasteiger partial charge in [-0.05, 0) is 30.6 Å². The molecule has 0 atom stereocenters. The first kappa shape index (κ1) is 15.0. The Morgan fingerprint density at radius 3 is 1.47 bits per heavy atom. The molecule has 0 bridgehead atoms. The van der Waals surface area contributed by atoms with E-state index in [4.69, 9.17) is 0 Å². The van der Waals surface area contributed by atoms with Crippen LogP contribution in [0.1, 0.15) is 86.0 Å². The predicted octanol–water partition coefficient (Wildman–Crippen LogP) is 5.81. The van der Waals surface area contributed by atoms with Crippen molar-refractivity contribution in [3.8, 4) is 0 Å². The normalized spacial score (nSPS) is 12.4. The zero-order valence-electron chi connectivity index (χ0n) is 11.7. The highest BCUT2D eigenvalue weighted by molar-refractivity contribution is 4.82. The molecule has 0 aromatic heterocycles. The van der Waals surface area contributed by atoms with Crippen molar-refractivity contribution in [2.75, 3.05) is 0 Å². The monoisotopic (exact) mass is 212 g/mol. The lowest BCUT2D eigenvalue weighted by Crippen LogP contribution is -2.27. The average molecular weight is 212 g/mol. The Labute approximate surface area is 97.8 Å². The molecule has 0 aliphatic heterocycles. The minimum Gasteiger partial charge on any atom is -0.0654 e. The Bertz CT molecular complexity index is 127. The molecule has 92 valence electrons. The molecule has 0 unspecified atom stereocenters. The maximum atomic E-state index is 2.43. The van der Waals surface area contributed by atoms with E-state index in [1.165, 1.54) is 51.4 Å². The molecule has 15 heavy (non-hydrogen) atoms. The van der Waals surface area contributed by atoms with Gasteiger partial charge in [0.2, 0.25) is 0 Å². The molecule has 0 aliphatic carbocycles. The molecule has 0 rings (SSSR count). The Hall–Kier alpha value is 0. The van der Waals surface area contributed by atoms with Gasteiger partial charge in [-0.1, -0.05) is 66.7 Å². The van der Waals surface area contributed by atoms with E-state index in [0.29, 0.717) is 5.41 Å². The molecule has 0 fully saturated rings. The third-order valence-electron chi connectivity index (χ3n) is 4.03. The third-order valence-corrected chi connectivity index (χ3v) is 4.03. The standard InChI is InChI=1S/C15H32/c1-6-9-12-15(11-8-3,14(4)5)13-10-7-2/h14H,6-13H2,1-5H3. The quantitative estimate of drug-likeness (QED) is 0.452. The fourth-order valence-electron chi connectivity index (χ4n) is 2.80. The van der Waals surface area contributed by atoms with Gasteiger partial charge in [-0.25, -0.2) is 0 Å². The molecular formula is C15H32. The van der Waals surface area contributed by atoms with E-state index in [2.05, 4.69) is 34.6 Å². The zero-order valence-corrected chi connectivity index (χ0v) is 11.7. The molecule has 0 heterocycles. The van der Waals surface area contributed by atoms with Gasteiger partial charge >= 0.3 is 0 Å². The number of hydrogen-bond donors (Lipinski definition) is 0. The van der Waals surface area contributed by atoms with Crippen molar-refractivity contribution in [1.29, 1.82) is 0 Å². The summed E-state index contributed by atoms with van der Waals surface area (Å²) >= 11 is 0. The summed E-state index contributed by atoms with van der Waals surface area (Å²) in [6.45, 7) is 11.8. The minimum atomic E-state index is 0.654. The van der Waals surface area contributed by atoms with Crippen LogP contribution in [0, 0.1) is 11.3 Å². The van der Waals surface area contributed by atoms with Gasteiger partial charge in [-0.2, -0.15) is 0 Å². The van der Waals surface area contributed by atoms with E-state index in [0.717, 1.165) is 5.92 Å². The largest absolute Gasteiger partial charge is 0.0654 e. The van der Waals surface area contributed by atoms with E-state index in [1.807, 2.05) is 0 Å². The van der Waals surface area contributed by atoms with E-state index < -0.39 is 0 Å². The number of rotatable bonds is 9. The molecule has 0 N–H and O–H groups in total. The van der Waals surface area contributed by atoms with Gasteiger partial charge in [0, 0.05) is 0 Å². The highest BCUT2D eigenvalue weighted by atomic mass is 14.4. The van der Waals surface area contributed by atoms with E-state index >= 15 is 0 Å². The minimum absolute atomic E-state index is 0.654. The Kier molecular flexibility index (Phi) is 8.19. The molecule has 0 aromatic rings. The van der Waals surface area contributed by atoms with Crippen LogP contribution in [0.25, 0.3) is 0 Å². The van der Waals surface area contributed by atoms with E-state index in [-0.39, 0.29) is 0 Å². The third kappa shape index (κ3) is 5.04. The lowest BCUT2D eigenvalue weighted by Gasteiger charge is -2.38. The van der Waals surface area contributed by atoms with Crippen LogP contribution >= 0.6 is 0 Å². The maximum absolute atomic E-state index is 2.43. The van der Waals surface area contributed by atoms with Crippen LogP contribution in [-0.4, -0.2) is 0 Å². The van der Waals surface area contributed by atoms with Crippen molar-refractivity contribution in [3.05, 3.63) is 0 Å². The first-order valence-electron chi connectivity index (χ1n) is 7.13. The molecular weight excluding hydrogens is 180 g/mol. The second-order valence-corrected chi connectivity index (χ2v) is 5.47. The molecule has 0 aliphatic rings. The van der Waals surface area contributed by atoms with Gasteiger partial charge in [-0.3, -0.25) is 0 Å². The molecule has 0 aromatic carbocycles. The molecule has 0 nitrogen and oxygen atoms in total. The number of hydrogen-bond acceptors (Lipinski definition) is 0. The van der Waals surface area contributed by atoms with Crippen LogP contribution < -0.4 is 0 Å². The van der Waals surface area contributed by atoms with Crippen LogP contribution in [0.5, 0.6) is 0 Å². The highest BCUT2D eigenvalue weighted by Gasteiger charge is 2.31. The van der Waals surface area contributed by atoms with Crippen molar-refractivity contribution in [2.24, 2.45) is 11.3 Å². The highest BCUT2D eigenvalue weighted by Crippen LogP contribution is 2.42. The number of unbranched alkanes of at least 4 members (excludes halogenated alkanes) is 2. The van der Waals surface area contributed by atoms with Crippen LogP contribution in [0.3, 0.4) is 0 Å². The van der Waals surface area contributed by atoms with Gasteiger partial charge in [0.05, 0.1) is 0 Å². The van der Waals surface area contributed by atoms with Crippen molar-refractivity contribution in [2.45, 2.75) is 86.0 Å².